The number of thioether (sulfide) groups is 1. The third-order valence-electron chi connectivity index (χ3n) is 5.78. The van der Waals surface area contributed by atoms with Gasteiger partial charge in [0.15, 0.2) is 5.17 Å². The molecule has 2 aromatic carbocycles. The summed E-state index contributed by atoms with van der Waals surface area (Å²) in [5.41, 5.74) is 2.70. The summed E-state index contributed by atoms with van der Waals surface area (Å²) >= 11 is 3.15. The first kappa shape index (κ1) is 20.2. The van der Waals surface area contributed by atoms with Gasteiger partial charge in [-0.15, -0.1) is 11.3 Å². The molecule has 1 fully saturated rings. The molecule has 6 heteroatoms. The predicted octanol–water partition coefficient (Wildman–Crippen LogP) is 3.71. The summed E-state index contributed by atoms with van der Waals surface area (Å²) in [5, 5.41) is 2.87. The Morgan fingerprint density at radius 3 is 2.13 bits per heavy atom. The number of benzene rings is 2. The van der Waals surface area contributed by atoms with Crippen LogP contribution >= 0.6 is 23.1 Å². The quantitative estimate of drug-likeness (QED) is 0.621. The lowest BCUT2D eigenvalue weighted by atomic mass is 9.96. The maximum Gasteiger partial charge on any atom is 0.286 e. The van der Waals surface area contributed by atoms with Crippen molar-refractivity contribution in [3.8, 4) is 0 Å². The molecule has 0 bridgehead atoms. The monoisotopic (exact) mass is 446 g/mol. The highest BCUT2D eigenvalue weighted by atomic mass is 32.2. The van der Waals surface area contributed by atoms with E-state index in [2.05, 4.69) is 70.6 Å². The summed E-state index contributed by atoms with van der Waals surface area (Å²) in [6.45, 7) is 3.81. The summed E-state index contributed by atoms with van der Waals surface area (Å²) in [4.78, 5) is 22.4. The van der Waals surface area contributed by atoms with Crippen LogP contribution in [-0.4, -0.2) is 42.2 Å². The number of amidine groups is 1. The molecule has 156 valence electrons. The lowest BCUT2D eigenvalue weighted by molar-refractivity contribution is -0.929. The van der Waals surface area contributed by atoms with E-state index in [0.717, 1.165) is 41.1 Å². The van der Waals surface area contributed by atoms with Crippen molar-refractivity contribution in [2.45, 2.75) is 6.04 Å². The number of piperazine rings is 1. The van der Waals surface area contributed by atoms with E-state index in [0.29, 0.717) is 6.04 Å². The van der Waals surface area contributed by atoms with E-state index in [1.165, 1.54) is 22.9 Å². The van der Waals surface area contributed by atoms with Gasteiger partial charge in [-0.2, -0.15) is 4.99 Å². The van der Waals surface area contributed by atoms with Gasteiger partial charge in [0.1, 0.15) is 6.04 Å². The smallest absolute Gasteiger partial charge is 0.286 e. The number of aliphatic imine (C=N–C) groups is 1. The van der Waals surface area contributed by atoms with Gasteiger partial charge in [0, 0.05) is 16.0 Å². The summed E-state index contributed by atoms with van der Waals surface area (Å²) in [6.07, 6.45) is 1.95. The Labute approximate surface area is 190 Å². The molecule has 1 saturated heterocycles. The minimum atomic E-state index is -0.116. The molecule has 0 aliphatic carbocycles. The highest BCUT2D eigenvalue weighted by molar-refractivity contribution is 8.18. The maximum atomic E-state index is 12.4. The lowest BCUT2D eigenvalue weighted by Crippen LogP contribution is -3.15. The van der Waals surface area contributed by atoms with E-state index in [1.54, 1.807) is 16.2 Å². The molecule has 0 unspecified atom stereocenters. The van der Waals surface area contributed by atoms with Crippen LogP contribution in [0.3, 0.4) is 0 Å². The molecule has 1 aromatic heterocycles. The van der Waals surface area contributed by atoms with Crippen LogP contribution in [0.2, 0.25) is 0 Å². The van der Waals surface area contributed by atoms with Gasteiger partial charge in [-0.3, -0.25) is 4.79 Å². The molecular weight excluding hydrogens is 422 g/mol. The van der Waals surface area contributed by atoms with Gasteiger partial charge in [0.05, 0.1) is 31.1 Å². The Morgan fingerprint density at radius 2 is 1.55 bits per heavy atom. The number of thiophene rings is 1. The minimum Gasteiger partial charge on any atom is -0.339 e. The van der Waals surface area contributed by atoms with E-state index < -0.39 is 0 Å². The largest absolute Gasteiger partial charge is 0.339 e. The van der Waals surface area contributed by atoms with Crippen LogP contribution in [0.4, 0.5) is 0 Å². The first-order valence-electron chi connectivity index (χ1n) is 10.5. The molecule has 31 heavy (non-hydrogen) atoms. The number of quaternary nitrogens is 1. The fourth-order valence-corrected chi connectivity index (χ4v) is 5.95. The van der Waals surface area contributed by atoms with Crippen LogP contribution in [0.15, 0.2) is 88.1 Å². The Bertz CT molecular complexity index is 1050. The average Bonchev–Trinajstić information content (AvgIpc) is 3.46. The van der Waals surface area contributed by atoms with E-state index in [-0.39, 0.29) is 5.91 Å². The normalized spacial score (nSPS) is 18.7. The molecular formula is C25H24N3OS2+. The van der Waals surface area contributed by atoms with Gasteiger partial charge in [0.25, 0.3) is 5.91 Å². The zero-order valence-electron chi connectivity index (χ0n) is 17.1. The zero-order chi connectivity index (χ0) is 21.0. The number of hydrogen-bond acceptors (Lipinski definition) is 4. The fraction of sp³-hybridized carbons (Fsp3) is 0.200. The molecule has 0 atom stereocenters. The number of carbonyl (C=O) groups excluding carboxylic acids is 1. The number of hydrogen-bond donors (Lipinski definition) is 1. The second kappa shape index (κ2) is 9.22. The Kier molecular flexibility index (Phi) is 6.02. The molecule has 1 amide bonds. The zero-order valence-corrected chi connectivity index (χ0v) is 18.7. The van der Waals surface area contributed by atoms with Crippen molar-refractivity contribution in [2.75, 3.05) is 26.2 Å². The molecule has 0 saturated carbocycles. The van der Waals surface area contributed by atoms with Crippen LogP contribution in [0.5, 0.6) is 0 Å². The summed E-state index contributed by atoms with van der Waals surface area (Å²) in [5.74, 6) is -0.116. The Balaban J connectivity index is 1.29. The predicted molar refractivity (Wildman–Crippen MR) is 129 cm³/mol. The Morgan fingerprint density at radius 1 is 0.903 bits per heavy atom. The molecule has 0 radical (unpaired) electrons. The number of rotatable bonds is 4. The highest BCUT2D eigenvalue weighted by Crippen LogP contribution is 2.31. The van der Waals surface area contributed by atoms with Crippen molar-refractivity contribution < 1.29 is 9.69 Å². The van der Waals surface area contributed by atoms with Crippen molar-refractivity contribution in [1.29, 1.82) is 0 Å². The fourth-order valence-electron chi connectivity index (χ4n) is 4.26. The van der Waals surface area contributed by atoms with E-state index in [4.69, 9.17) is 0 Å². The molecule has 5 rings (SSSR count). The van der Waals surface area contributed by atoms with Gasteiger partial charge < -0.3 is 9.80 Å². The van der Waals surface area contributed by atoms with Gasteiger partial charge in [-0.05, 0) is 29.3 Å². The van der Waals surface area contributed by atoms with Crippen LogP contribution in [0, 0.1) is 0 Å². The summed E-state index contributed by atoms with van der Waals surface area (Å²) in [7, 11) is 0. The first-order chi connectivity index (χ1) is 15.3. The second-order valence-corrected chi connectivity index (χ2v) is 9.71. The number of nitrogens with one attached hydrogen (secondary N) is 1. The number of carbonyl (C=O) groups is 1. The van der Waals surface area contributed by atoms with Crippen molar-refractivity contribution >= 4 is 40.2 Å². The van der Waals surface area contributed by atoms with Gasteiger partial charge in [0.2, 0.25) is 0 Å². The summed E-state index contributed by atoms with van der Waals surface area (Å²) in [6, 6.07) is 25.9. The molecule has 4 nitrogen and oxygen atoms in total. The van der Waals surface area contributed by atoms with Gasteiger partial charge in [-0.1, -0.05) is 66.7 Å². The van der Waals surface area contributed by atoms with Crippen molar-refractivity contribution in [3.05, 3.63) is 99.1 Å². The minimum absolute atomic E-state index is 0.116. The lowest BCUT2D eigenvalue weighted by Gasteiger charge is -2.37. The standard InChI is InChI=1S/C25H23N3OS2/c29-24-22(18-21-12-7-17-30-21)31-25(26-24)28-15-13-27(14-16-28)23(19-8-3-1-4-9-19)20-10-5-2-6-11-20/h1-12,17-18,23H,13-16H2/p+1/b22-18+. The molecule has 1 N–H and O–H groups in total. The molecule has 3 heterocycles. The molecule has 2 aliphatic heterocycles. The maximum absolute atomic E-state index is 12.4. The third-order valence-corrected chi connectivity index (χ3v) is 7.64. The molecule has 0 spiro atoms. The third kappa shape index (κ3) is 4.51. The average molecular weight is 447 g/mol. The van der Waals surface area contributed by atoms with Crippen molar-refractivity contribution in [3.63, 3.8) is 0 Å². The summed E-state index contributed by atoms with van der Waals surface area (Å²) < 4.78 is 0. The molecule has 3 aromatic rings. The van der Waals surface area contributed by atoms with Gasteiger partial charge >= 0.3 is 0 Å². The van der Waals surface area contributed by atoms with Gasteiger partial charge in [-0.25, -0.2) is 0 Å². The van der Waals surface area contributed by atoms with E-state index in [9.17, 15) is 4.79 Å². The molecule has 2 aliphatic rings. The highest BCUT2D eigenvalue weighted by Gasteiger charge is 2.33. The van der Waals surface area contributed by atoms with Crippen LogP contribution in [0.1, 0.15) is 22.0 Å². The topological polar surface area (TPSA) is 37.1 Å². The Hall–Kier alpha value is -2.67. The van der Waals surface area contributed by atoms with Crippen molar-refractivity contribution in [2.24, 2.45) is 4.99 Å². The first-order valence-corrected chi connectivity index (χ1v) is 12.2. The van der Waals surface area contributed by atoms with E-state index in [1.807, 2.05) is 23.6 Å². The van der Waals surface area contributed by atoms with Crippen molar-refractivity contribution in [1.82, 2.24) is 4.90 Å². The SMILES string of the molecule is O=C1N=C(N2CC[NH+](C(c3ccccc3)c3ccccc3)CC2)S/C1=C/c1cccs1. The van der Waals surface area contributed by atoms with Crippen LogP contribution in [-0.2, 0) is 4.79 Å². The van der Waals surface area contributed by atoms with E-state index >= 15 is 0 Å². The van der Waals surface area contributed by atoms with Crippen LogP contribution in [0.25, 0.3) is 6.08 Å². The second-order valence-electron chi connectivity index (χ2n) is 7.73. The number of amides is 1. The number of nitrogens with zero attached hydrogens (tertiary/aromatic N) is 2. The van der Waals surface area contributed by atoms with Crippen LogP contribution < -0.4 is 4.90 Å².